The van der Waals surface area contributed by atoms with Gasteiger partial charge in [-0.2, -0.15) is 0 Å². The second-order valence-corrected chi connectivity index (χ2v) is 4.51. The third-order valence-corrected chi connectivity index (χ3v) is 2.95. The van der Waals surface area contributed by atoms with E-state index in [1.807, 2.05) is 0 Å². The van der Waals surface area contributed by atoms with Gasteiger partial charge in [-0.05, 0) is 26.0 Å². The fourth-order valence-electron chi connectivity index (χ4n) is 1.48. The molecule has 0 saturated heterocycles. The molecule has 0 spiro atoms. The predicted molar refractivity (Wildman–Crippen MR) is 70.9 cm³/mol. The average molecular weight is 283 g/mol. The molecule has 0 saturated carbocycles. The van der Waals surface area contributed by atoms with Crippen LogP contribution in [-0.2, 0) is 9.59 Å². The summed E-state index contributed by atoms with van der Waals surface area (Å²) in [6.07, 6.45) is 0.0328. The molecule has 2 unspecified atom stereocenters. The van der Waals surface area contributed by atoms with E-state index < -0.39 is 23.7 Å². The van der Waals surface area contributed by atoms with Gasteiger partial charge < -0.3 is 15.2 Å². The van der Waals surface area contributed by atoms with Crippen LogP contribution in [-0.4, -0.2) is 29.6 Å². The van der Waals surface area contributed by atoms with Crippen molar-refractivity contribution in [3.63, 3.8) is 0 Å². The maximum absolute atomic E-state index is 13.2. The lowest BCUT2D eigenvalue weighted by molar-refractivity contribution is -0.142. The minimum Gasteiger partial charge on any atom is -0.490 e. The topological polar surface area (TPSA) is 75.6 Å². The van der Waals surface area contributed by atoms with Crippen LogP contribution < -0.4 is 10.1 Å². The van der Waals surface area contributed by atoms with Crippen LogP contribution in [0.4, 0.5) is 4.39 Å². The number of para-hydroxylation sites is 1. The lowest BCUT2D eigenvalue weighted by Crippen LogP contribution is -2.40. The fourth-order valence-corrected chi connectivity index (χ4v) is 1.48. The summed E-state index contributed by atoms with van der Waals surface area (Å²) in [7, 11) is 0. The number of carbonyl (C=O) groups is 2. The summed E-state index contributed by atoms with van der Waals surface area (Å²) < 4.78 is 18.4. The van der Waals surface area contributed by atoms with Crippen LogP contribution >= 0.6 is 0 Å². The van der Waals surface area contributed by atoms with Gasteiger partial charge in [0.05, 0.1) is 18.9 Å². The van der Waals surface area contributed by atoms with Crippen LogP contribution in [0.25, 0.3) is 0 Å². The number of aliphatic carboxylic acids is 1. The van der Waals surface area contributed by atoms with Gasteiger partial charge in [-0.15, -0.1) is 0 Å². The van der Waals surface area contributed by atoms with Crippen molar-refractivity contribution < 1.29 is 23.8 Å². The molecule has 2 N–H and O–H groups in total. The first kappa shape index (κ1) is 15.9. The van der Waals surface area contributed by atoms with E-state index >= 15 is 0 Å². The monoisotopic (exact) mass is 283 g/mol. The average Bonchev–Trinajstić information content (AvgIpc) is 2.39. The number of carboxylic acids is 1. The highest BCUT2D eigenvalue weighted by molar-refractivity contribution is 5.78. The molecule has 0 aromatic heterocycles. The van der Waals surface area contributed by atoms with Crippen molar-refractivity contribution in [2.75, 3.05) is 6.61 Å². The molecule has 1 rings (SSSR count). The summed E-state index contributed by atoms with van der Waals surface area (Å²) in [6.45, 7) is 3.17. The smallest absolute Gasteiger partial charge is 0.308 e. The van der Waals surface area contributed by atoms with E-state index in [0.29, 0.717) is 0 Å². The largest absolute Gasteiger partial charge is 0.490 e. The maximum atomic E-state index is 13.2. The molecule has 110 valence electrons. The Kier molecular flexibility index (Phi) is 5.96. The number of carbonyl (C=O) groups excluding carboxylic acids is 1. The lowest BCUT2D eigenvalue weighted by atomic mass is 10.0. The van der Waals surface area contributed by atoms with Crippen LogP contribution in [0.3, 0.4) is 0 Å². The maximum Gasteiger partial charge on any atom is 0.308 e. The van der Waals surface area contributed by atoms with Crippen LogP contribution in [0.1, 0.15) is 20.3 Å². The van der Waals surface area contributed by atoms with E-state index in [2.05, 4.69) is 5.32 Å². The first-order valence-corrected chi connectivity index (χ1v) is 6.31. The second kappa shape index (κ2) is 7.47. The minimum absolute atomic E-state index is 0.0287. The van der Waals surface area contributed by atoms with Crippen LogP contribution in [0.2, 0.25) is 0 Å². The standard InChI is InChI=1S/C14H18FNO4/c1-9(14(18)19)10(2)16-13(17)7-8-20-12-6-4-3-5-11(12)15/h3-6,9-10H,7-8H2,1-2H3,(H,16,17)(H,18,19). The number of hydrogen-bond donors (Lipinski definition) is 2. The molecule has 0 heterocycles. The summed E-state index contributed by atoms with van der Waals surface area (Å²) >= 11 is 0. The molecule has 5 nitrogen and oxygen atoms in total. The Balaban J connectivity index is 2.34. The van der Waals surface area contributed by atoms with Gasteiger partial charge in [0.25, 0.3) is 0 Å². The van der Waals surface area contributed by atoms with Crippen molar-refractivity contribution in [2.24, 2.45) is 5.92 Å². The number of hydrogen-bond acceptors (Lipinski definition) is 3. The van der Waals surface area contributed by atoms with Gasteiger partial charge in [0.15, 0.2) is 11.6 Å². The van der Waals surface area contributed by atoms with Crippen LogP contribution in [0, 0.1) is 11.7 Å². The molecule has 0 aliphatic rings. The number of nitrogens with one attached hydrogen (secondary N) is 1. The number of carboxylic acid groups (broad SMARTS) is 1. The molecule has 1 amide bonds. The van der Waals surface area contributed by atoms with E-state index in [0.717, 1.165) is 0 Å². The molecular formula is C14H18FNO4. The molecule has 6 heteroatoms. The Morgan fingerprint density at radius 3 is 2.60 bits per heavy atom. The molecule has 1 aromatic carbocycles. The molecule has 0 aliphatic heterocycles. The van der Waals surface area contributed by atoms with Gasteiger partial charge in [-0.1, -0.05) is 12.1 Å². The van der Waals surface area contributed by atoms with E-state index in [-0.39, 0.29) is 24.7 Å². The number of amides is 1. The van der Waals surface area contributed by atoms with E-state index in [1.165, 1.54) is 19.1 Å². The molecule has 2 atom stereocenters. The number of rotatable bonds is 7. The Labute approximate surface area is 116 Å². The normalized spacial score (nSPS) is 13.3. The summed E-state index contributed by atoms with van der Waals surface area (Å²) in [5.74, 6) is -2.37. The minimum atomic E-state index is -0.972. The highest BCUT2D eigenvalue weighted by atomic mass is 19.1. The van der Waals surface area contributed by atoms with Gasteiger partial charge in [0.1, 0.15) is 0 Å². The molecule has 20 heavy (non-hydrogen) atoms. The molecule has 0 fully saturated rings. The first-order valence-electron chi connectivity index (χ1n) is 6.31. The van der Waals surface area contributed by atoms with Crippen molar-refractivity contribution in [1.82, 2.24) is 5.32 Å². The third kappa shape index (κ3) is 4.87. The van der Waals surface area contributed by atoms with Gasteiger partial charge >= 0.3 is 5.97 Å². The Bertz CT molecular complexity index is 478. The molecule has 0 aliphatic carbocycles. The fraction of sp³-hybridized carbons (Fsp3) is 0.429. The van der Waals surface area contributed by atoms with Gasteiger partial charge in [-0.25, -0.2) is 4.39 Å². The van der Waals surface area contributed by atoms with Crippen molar-refractivity contribution in [3.8, 4) is 5.75 Å². The lowest BCUT2D eigenvalue weighted by Gasteiger charge is -2.17. The van der Waals surface area contributed by atoms with Crippen molar-refractivity contribution in [2.45, 2.75) is 26.3 Å². The zero-order chi connectivity index (χ0) is 15.1. The highest BCUT2D eigenvalue weighted by Crippen LogP contribution is 2.15. The highest BCUT2D eigenvalue weighted by Gasteiger charge is 2.20. The second-order valence-electron chi connectivity index (χ2n) is 4.51. The van der Waals surface area contributed by atoms with E-state index in [9.17, 15) is 14.0 Å². The molecule has 0 radical (unpaired) electrons. The summed E-state index contributed by atoms with van der Waals surface area (Å²) in [4.78, 5) is 22.3. The van der Waals surface area contributed by atoms with E-state index in [4.69, 9.17) is 9.84 Å². The van der Waals surface area contributed by atoms with Crippen molar-refractivity contribution in [1.29, 1.82) is 0 Å². The Hall–Kier alpha value is -2.11. The summed E-state index contributed by atoms with van der Waals surface area (Å²) in [6, 6.07) is 5.45. The van der Waals surface area contributed by atoms with Gasteiger partial charge in [-0.3, -0.25) is 9.59 Å². The molecule has 0 bridgehead atoms. The number of halogens is 1. The van der Waals surface area contributed by atoms with Gasteiger partial charge in [0.2, 0.25) is 5.91 Å². The van der Waals surface area contributed by atoms with Gasteiger partial charge in [0, 0.05) is 6.04 Å². The van der Waals surface area contributed by atoms with E-state index in [1.54, 1.807) is 19.1 Å². The molecular weight excluding hydrogens is 265 g/mol. The quantitative estimate of drug-likeness (QED) is 0.800. The SMILES string of the molecule is CC(NC(=O)CCOc1ccccc1F)C(C)C(=O)O. The predicted octanol–water partition coefficient (Wildman–Crippen LogP) is 1.82. The first-order chi connectivity index (χ1) is 9.41. The zero-order valence-electron chi connectivity index (χ0n) is 11.4. The van der Waals surface area contributed by atoms with Crippen LogP contribution in [0.5, 0.6) is 5.75 Å². The Morgan fingerprint density at radius 2 is 2.00 bits per heavy atom. The van der Waals surface area contributed by atoms with Crippen molar-refractivity contribution >= 4 is 11.9 Å². The van der Waals surface area contributed by atoms with Crippen LogP contribution in [0.15, 0.2) is 24.3 Å². The third-order valence-electron chi connectivity index (χ3n) is 2.95. The molecule has 1 aromatic rings. The van der Waals surface area contributed by atoms with Crippen molar-refractivity contribution in [3.05, 3.63) is 30.1 Å². The zero-order valence-corrected chi connectivity index (χ0v) is 11.4. The summed E-state index contributed by atoms with van der Waals surface area (Å²) in [5.41, 5.74) is 0. The Morgan fingerprint density at radius 1 is 1.35 bits per heavy atom. The summed E-state index contributed by atoms with van der Waals surface area (Å²) in [5, 5.41) is 11.4. The number of ether oxygens (including phenoxy) is 1. The number of benzene rings is 1.